The fourth-order valence-electron chi connectivity index (χ4n) is 4.74. The smallest absolute Gasteiger partial charge is 0.336 e. The Morgan fingerprint density at radius 1 is 1.23 bits per heavy atom. The van der Waals surface area contributed by atoms with E-state index < -0.39 is 11.9 Å². The highest BCUT2D eigenvalue weighted by Gasteiger charge is 2.40. The number of hydrogen-bond acceptors (Lipinski definition) is 7. The normalized spacial score (nSPS) is 24.9. The number of allylic oxidation sites excluding steroid dienone is 3. The molecule has 1 N–H and O–H groups in total. The van der Waals surface area contributed by atoms with Gasteiger partial charge < -0.3 is 24.3 Å². The summed E-state index contributed by atoms with van der Waals surface area (Å²) in [5.41, 5.74) is 3.48. The van der Waals surface area contributed by atoms with Gasteiger partial charge in [0.2, 0.25) is 6.79 Å². The SMILES string of the molecule is CC1=C(C(=O)OCC2CCCO2)C(c2cc3c(cc2Br)OCO3)C2=C(CCCC2=O)N1. The van der Waals surface area contributed by atoms with Crippen LogP contribution in [0.5, 0.6) is 11.5 Å². The molecule has 1 aromatic rings. The molecule has 5 rings (SSSR count). The zero-order chi connectivity index (χ0) is 21.5. The molecule has 1 fully saturated rings. The summed E-state index contributed by atoms with van der Waals surface area (Å²) in [5.74, 6) is 0.328. The third-order valence-corrected chi connectivity index (χ3v) is 6.91. The van der Waals surface area contributed by atoms with Crippen molar-refractivity contribution in [2.24, 2.45) is 0 Å². The van der Waals surface area contributed by atoms with E-state index in [4.69, 9.17) is 18.9 Å². The maximum atomic E-state index is 13.3. The Kier molecular flexibility index (Phi) is 5.52. The molecule has 31 heavy (non-hydrogen) atoms. The van der Waals surface area contributed by atoms with Crippen molar-refractivity contribution in [3.8, 4) is 11.5 Å². The number of hydrogen-bond donors (Lipinski definition) is 1. The van der Waals surface area contributed by atoms with Gasteiger partial charge in [0.15, 0.2) is 17.3 Å². The third-order valence-electron chi connectivity index (χ3n) is 6.22. The number of ether oxygens (including phenoxy) is 4. The number of rotatable bonds is 4. The lowest BCUT2D eigenvalue weighted by atomic mass is 9.75. The van der Waals surface area contributed by atoms with Crippen LogP contribution in [0.4, 0.5) is 0 Å². The topological polar surface area (TPSA) is 83.1 Å². The van der Waals surface area contributed by atoms with Gasteiger partial charge in [-0.25, -0.2) is 4.79 Å². The van der Waals surface area contributed by atoms with Gasteiger partial charge in [-0.2, -0.15) is 0 Å². The highest BCUT2D eigenvalue weighted by atomic mass is 79.9. The summed E-state index contributed by atoms with van der Waals surface area (Å²) in [6.07, 6.45) is 3.83. The first-order valence-corrected chi connectivity index (χ1v) is 11.4. The number of carbonyl (C=O) groups excluding carboxylic acids is 2. The Bertz CT molecular complexity index is 1010. The van der Waals surface area contributed by atoms with Crippen molar-refractivity contribution in [3.05, 3.63) is 44.7 Å². The molecular weight excluding hydrogens is 466 g/mol. The van der Waals surface area contributed by atoms with Crippen LogP contribution in [0.25, 0.3) is 0 Å². The number of halogens is 1. The van der Waals surface area contributed by atoms with E-state index >= 15 is 0 Å². The number of Topliss-reactive ketones (excluding diaryl/α,β-unsaturated/α-hetero) is 1. The fourth-order valence-corrected chi connectivity index (χ4v) is 5.29. The van der Waals surface area contributed by atoms with E-state index in [1.165, 1.54) is 0 Å². The van der Waals surface area contributed by atoms with Crippen LogP contribution >= 0.6 is 15.9 Å². The Balaban J connectivity index is 1.55. The van der Waals surface area contributed by atoms with Gasteiger partial charge in [0.05, 0.1) is 11.7 Å². The monoisotopic (exact) mass is 489 g/mol. The minimum Gasteiger partial charge on any atom is -0.459 e. The first kappa shape index (κ1) is 20.6. The molecule has 7 nitrogen and oxygen atoms in total. The lowest BCUT2D eigenvalue weighted by Crippen LogP contribution is -2.35. The summed E-state index contributed by atoms with van der Waals surface area (Å²) in [4.78, 5) is 26.3. The van der Waals surface area contributed by atoms with Crippen LogP contribution in [0, 0.1) is 0 Å². The molecule has 1 aliphatic carbocycles. The zero-order valence-corrected chi connectivity index (χ0v) is 18.9. The Labute approximate surface area is 188 Å². The predicted molar refractivity (Wildman–Crippen MR) is 115 cm³/mol. The van der Waals surface area contributed by atoms with Crippen LogP contribution in [0.1, 0.15) is 50.5 Å². The second-order valence-electron chi connectivity index (χ2n) is 8.23. The van der Waals surface area contributed by atoms with E-state index in [0.29, 0.717) is 41.4 Å². The van der Waals surface area contributed by atoms with Crippen molar-refractivity contribution < 1.29 is 28.5 Å². The molecule has 0 radical (unpaired) electrons. The molecule has 0 amide bonds. The quantitative estimate of drug-likeness (QED) is 0.642. The van der Waals surface area contributed by atoms with Crippen molar-refractivity contribution >= 4 is 27.7 Å². The Hall–Kier alpha value is -2.32. The molecule has 8 heteroatoms. The zero-order valence-electron chi connectivity index (χ0n) is 17.3. The van der Waals surface area contributed by atoms with Gasteiger partial charge in [0, 0.05) is 40.4 Å². The second-order valence-corrected chi connectivity index (χ2v) is 9.08. The lowest BCUT2D eigenvalue weighted by Gasteiger charge is -2.34. The van der Waals surface area contributed by atoms with E-state index in [1.807, 2.05) is 19.1 Å². The van der Waals surface area contributed by atoms with Crippen LogP contribution in [-0.2, 0) is 19.1 Å². The molecule has 0 aromatic heterocycles. The molecule has 4 aliphatic rings. The van der Waals surface area contributed by atoms with Crippen LogP contribution in [0.2, 0.25) is 0 Å². The average molecular weight is 490 g/mol. The molecule has 3 aliphatic heterocycles. The van der Waals surface area contributed by atoms with E-state index in [2.05, 4.69) is 21.2 Å². The summed E-state index contributed by atoms with van der Waals surface area (Å²) >= 11 is 3.63. The molecule has 2 unspecified atom stereocenters. The van der Waals surface area contributed by atoms with Crippen molar-refractivity contribution in [1.29, 1.82) is 0 Å². The largest absolute Gasteiger partial charge is 0.459 e. The van der Waals surface area contributed by atoms with Crippen LogP contribution < -0.4 is 14.8 Å². The first-order valence-electron chi connectivity index (χ1n) is 10.6. The third kappa shape index (κ3) is 3.76. The van der Waals surface area contributed by atoms with E-state index in [1.54, 1.807) is 0 Å². The average Bonchev–Trinajstić information content (AvgIpc) is 3.42. The highest BCUT2D eigenvalue weighted by Crippen LogP contribution is 2.48. The first-order chi connectivity index (χ1) is 15.0. The van der Waals surface area contributed by atoms with Crippen molar-refractivity contribution in [2.75, 3.05) is 20.0 Å². The van der Waals surface area contributed by atoms with Gasteiger partial charge in [0.25, 0.3) is 0 Å². The minimum atomic E-state index is -0.537. The van der Waals surface area contributed by atoms with E-state index in [9.17, 15) is 9.59 Å². The van der Waals surface area contributed by atoms with Gasteiger partial charge in [0.1, 0.15) is 6.61 Å². The number of nitrogens with one attached hydrogen (secondary N) is 1. The summed E-state index contributed by atoms with van der Waals surface area (Å²) in [5, 5.41) is 3.31. The molecule has 1 aromatic carbocycles. The van der Waals surface area contributed by atoms with Gasteiger partial charge in [-0.1, -0.05) is 15.9 Å². The summed E-state index contributed by atoms with van der Waals surface area (Å²) < 4.78 is 23.1. The predicted octanol–water partition coefficient (Wildman–Crippen LogP) is 3.87. The number of ketones is 1. The molecular formula is C23H24BrNO6. The lowest BCUT2D eigenvalue weighted by molar-refractivity contribution is -0.142. The van der Waals surface area contributed by atoms with Gasteiger partial charge in [-0.15, -0.1) is 0 Å². The van der Waals surface area contributed by atoms with Crippen LogP contribution in [-0.4, -0.2) is 37.9 Å². The summed E-state index contributed by atoms with van der Waals surface area (Å²) in [6, 6.07) is 3.69. The van der Waals surface area contributed by atoms with Gasteiger partial charge in [-0.05, 0) is 50.3 Å². The van der Waals surface area contributed by atoms with Crippen LogP contribution in [0.3, 0.4) is 0 Å². The standard InChI is InChI=1S/C23H24BrNO6/c1-12-20(23(27)29-10-13-4-3-7-28-13)21(22-16(25-12)5-2-6-17(22)26)14-8-18-19(9-15(14)24)31-11-30-18/h8-9,13,21,25H,2-7,10-11H2,1H3. The number of carbonyl (C=O) groups is 2. The van der Waals surface area contributed by atoms with Crippen molar-refractivity contribution in [3.63, 3.8) is 0 Å². The number of dihydropyridines is 1. The number of fused-ring (bicyclic) bond motifs is 1. The Morgan fingerprint density at radius 3 is 2.81 bits per heavy atom. The molecule has 0 saturated carbocycles. The van der Waals surface area contributed by atoms with Gasteiger partial charge in [-0.3, -0.25) is 4.79 Å². The van der Waals surface area contributed by atoms with Crippen LogP contribution in [0.15, 0.2) is 39.1 Å². The summed E-state index contributed by atoms with van der Waals surface area (Å²) in [7, 11) is 0. The maximum absolute atomic E-state index is 13.3. The molecule has 3 heterocycles. The molecule has 0 bridgehead atoms. The molecule has 0 spiro atoms. The van der Waals surface area contributed by atoms with Crippen molar-refractivity contribution in [1.82, 2.24) is 5.32 Å². The second kappa shape index (κ2) is 8.31. The van der Waals surface area contributed by atoms with Crippen molar-refractivity contribution in [2.45, 2.75) is 51.0 Å². The minimum absolute atomic E-state index is 0.0558. The van der Waals surface area contributed by atoms with Gasteiger partial charge >= 0.3 is 5.97 Å². The molecule has 1 saturated heterocycles. The Morgan fingerprint density at radius 2 is 2.03 bits per heavy atom. The highest BCUT2D eigenvalue weighted by molar-refractivity contribution is 9.10. The maximum Gasteiger partial charge on any atom is 0.336 e. The van der Waals surface area contributed by atoms with E-state index in [-0.39, 0.29) is 25.3 Å². The number of benzene rings is 1. The fraction of sp³-hybridized carbons (Fsp3) is 0.478. The van der Waals surface area contributed by atoms with E-state index in [0.717, 1.165) is 41.4 Å². The summed E-state index contributed by atoms with van der Waals surface area (Å²) in [6.45, 7) is 2.92. The molecule has 164 valence electrons. The number of esters is 1. The molecule has 2 atom stereocenters.